The predicted molar refractivity (Wildman–Crippen MR) is 64.6 cm³/mol. The molecule has 1 aromatic heterocycles. The SMILES string of the molecule is FC(F)(F)C(F)(F)C(F)(F)c1cccc(-c2ccccn2)c1. The third-order valence-corrected chi connectivity index (χ3v) is 2.94. The van der Waals surface area contributed by atoms with Gasteiger partial charge in [0, 0.05) is 17.3 Å². The highest BCUT2D eigenvalue weighted by atomic mass is 19.4. The van der Waals surface area contributed by atoms with Crippen LogP contribution in [-0.2, 0) is 5.92 Å². The molecule has 1 heterocycles. The van der Waals surface area contributed by atoms with E-state index in [0.29, 0.717) is 12.1 Å². The first kappa shape index (κ1) is 16.3. The molecule has 0 N–H and O–H groups in total. The third kappa shape index (κ3) is 2.65. The molecule has 1 aromatic carbocycles. The lowest BCUT2D eigenvalue weighted by atomic mass is 9.98. The van der Waals surface area contributed by atoms with Crippen LogP contribution in [0.1, 0.15) is 5.56 Å². The summed E-state index contributed by atoms with van der Waals surface area (Å²) in [5.41, 5.74) is -1.25. The van der Waals surface area contributed by atoms with E-state index in [4.69, 9.17) is 0 Å². The molecule has 0 amide bonds. The molecule has 118 valence electrons. The summed E-state index contributed by atoms with van der Waals surface area (Å²) in [7, 11) is 0. The number of benzene rings is 1. The smallest absolute Gasteiger partial charge is 0.256 e. The number of aromatic nitrogens is 1. The molecule has 2 aromatic rings. The molecule has 0 radical (unpaired) electrons. The molecular formula is C14H8F7N. The number of halogens is 7. The van der Waals surface area contributed by atoms with Gasteiger partial charge < -0.3 is 0 Å². The average Bonchev–Trinajstić information content (AvgIpc) is 2.47. The van der Waals surface area contributed by atoms with Crippen LogP contribution in [0.15, 0.2) is 48.7 Å². The number of hydrogen-bond acceptors (Lipinski definition) is 1. The van der Waals surface area contributed by atoms with Crippen molar-refractivity contribution < 1.29 is 30.7 Å². The lowest BCUT2D eigenvalue weighted by molar-refractivity contribution is -0.359. The minimum Gasteiger partial charge on any atom is -0.256 e. The number of alkyl halides is 7. The fourth-order valence-corrected chi connectivity index (χ4v) is 1.77. The van der Waals surface area contributed by atoms with Gasteiger partial charge in [0.1, 0.15) is 0 Å². The van der Waals surface area contributed by atoms with Gasteiger partial charge in [-0.15, -0.1) is 0 Å². The Kier molecular flexibility index (Phi) is 3.88. The maximum atomic E-state index is 13.6. The first-order valence-electron chi connectivity index (χ1n) is 5.91. The van der Waals surface area contributed by atoms with Crippen molar-refractivity contribution in [2.24, 2.45) is 0 Å². The number of hydrogen-bond donors (Lipinski definition) is 0. The van der Waals surface area contributed by atoms with Crippen LogP contribution in [0, 0.1) is 0 Å². The van der Waals surface area contributed by atoms with E-state index in [1.54, 1.807) is 6.07 Å². The van der Waals surface area contributed by atoms with Crippen LogP contribution >= 0.6 is 0 Å². The van der Waals surface area contributed by atoms with Crippen molar-refractivity contribution in [2.75, 3.05) is 0 Å². The summed E-state index contributed by atoms with van der Waals surface area (Å²) in [5.74, 6) is -11.6. The summed E-state index contributed by atoms with van der Waals surface area (Å²) >= 11 is 0. The molecular weight excluding hydrogens is 315 g/mol. The lowest BCUT2D eigenvalue weighted by Gasteiger charge is -2.28. The molecule has 0 unspecified atom stereocenters. The Morgan fingerprint density at radius 1 is 0.773 bits per heavy atom. The van der Waals surface area contributed by atoms with Crippen LogP contribution in [0.5, 0.6) is 0 Å². The van der Waals surface area contributed by atoms with Crippen LogP contribution in [0.25, 0.3) is 11.3 Å². The van der Waals surface area contributed by atoms with Gasteiger partial charge in [-0.3, -0.25) is 4.98 Å². The molecule has 0 aliphatic rings. The molecule has 22 heavy (non-hydrogen) atoms. The van der Waals surface area contributed by atoms with Crippen molar-refractivity contribution in [3.8, 4) is 11.3 Å². The van der Waals surface area contributed by atoms with Gasteiger partial charge in [0.15, 0.2) is 0 Å². The highest BCUT2D eigenvalue weighted by molar-refractivity contribution is 5.60. The van der Waals surface area contributed by atoms with Crippen molar-refractivity contribution >= 4 is 0 Å². The van der Waals surface area contributed by atoms with Crippen molar-refractivity contribution in [2.45, 2.75) is 18.0 Å². The second-order valence-corrected chi connectivity index (χ2v) is 4.44. The molecule has 8 heteroatoms. The van der Waals surface area contributed by atoms with Gasteiger partial charge in [-0.1, -0.05) is 24.3 Å². The minimum absolute atomic E-state index is 0.00995. The molecule has 0 fully saturated rings. The van der Waals surface area contributed by atoms with Crippen LogP contribution in [0.3, 0.4) is 0 Å². The summed E-state index contributed by atoms with van der Waals surface area (Å²) in [6, 6.07) is 7.83. The molecule has 0 bridgehead atoms. The molecule has 0 aliphatic carbocycles. The van der Waals surface area contributed by atoms with Crippen LogP contribution in [-0.4, -0.2) is 17.1 Å². The fourth-order valence-electron chi connectivity index (χ4n) is 1.77. The van der Waals surface area contributed by atoms with E-state index in [1.807, 2.05) is 0 Å². The lowest BCUT2D eigenvalue weighted by Crippen LogP contribution is -2.50. The van der Waals surface area contributed by atoms with Crippen molar-refractivity contribution in [3.63, 3.8) is 0 Å². The number of pyridine rings is 1. The van der Waals surface area contributed by atoms with E-state index in [0.717, 1.165) is 6.07 Å². The van der Waals surface area contributed by atoms with Gasteiger partial charge in [0.05, 0.1) is 5.69 Å². The fraction of sp³-hybridized carbons (Fsp3) is 0.214. The Labute approximate surface area is 120 Å². The molecule has 0 aliphatic heterocycles. The average molecular weight is 323 g/mol. The molecule has 0 atom stereocenters. The highest BCUT2D eigenvalue weighted by Crippen LogP contribution is 2.52. The molecule has 0 saturated heterocycles. The van der Waals surface area contributed by atoms with Crippen LogP contribution in [0.4, 0.5) is 30.7 Å². The van der Waals surface area contributed by atoms with E-state index < -0.39 is 23.6 Å². The summed E-state index contributed by atoms with van der Waals surface area (Å²) in [5, 5.41) is 0. The van der Waals surface area contributed by atoms with Crippen molar-refractivity contribution in [1.29, 1.82) is 0 Å². The standard InChI is InChI=1S/C14H8F7N/c15-12(16,13(17,18)14(19,20)21)10-5-3-4-9(8-10)11-6-1-2-7-22-11/h1-8H. The normalized spacial score (nSPS) is 13.2. The van der Waals surface area contributed by atoms with Gasteiger partial charge in [0.2, 0.25) is 0 Å². The van der Waals surface area contributed by atoms with E-state index in [9.17, 15) is 30.7 Å². The van der Waals surface area contributed by atoms with Gasteiger partial charge in [0.25, 0.3) is 0 Å². The summed E-state index contributed by atoms with van der Waals surface area (Å²) in [6.07, 6.45) is -5.03. The Bertz CT molecular complexity index is 650. The Morgan fingerprint density at radius 2 is 1.45 bits per heavy atom. The van der Waals surface area contributed by atoms with Gasteiger partial charge in [-0.25, -0.2) is 0 Å². The number of nitrogens with zero attached hydrogens (tertiary/aromatic N) is 1. The van der Waals surface area contributed by atoms with Crippen LogP contribution < -0.4 is 0 Å². The number of rotatable bonds is 3. The van der Waals surface area contributed by atoms with E-state index in [1.165, 1.54) is 24.4 Å². The first-order chi connectivity index (χ1) is 10.1. The quantitative estimate of drug-likeness (QED) is 0.721. The largest absolute Gasteiger partial charge is 0.460 e. The Hall–Kier alpha value is -2.12. The molecule has 1 nitrogen and oxygen atoms in total. The third-order valence-electron chi connectivity index (χ3n) is 2.94. The first-order valence-corrected chi connectivity index (χ1v) is 5.91. The summed E-state index contributed by atoms with van der Waals surface area (Å²) < 4.78 is 89.9. The van der Waals surface area contributed by atoms with Crippen LogP contribution in [0.2, 0.25) is 0 Å². The second-order valence-electron chi connectivity index (χ2n) is 4.44. The topological polar surface area (TPSA) is 12.9 Å². The maximum Gasteiger partial charge on any atom is 0.460 e. The van der Waals surface area contributed by atoms with E-state index in [2.05, 4.69) is 4.98 Å². The predicted octanol–water partition coefficient (Wildman–Crippen LogP) is 5.04. The van der Waals surface area contributed by atoms with E-state index >= 15 is 0 Å². The zero-order valence-electron chi connectivity index (χ0n) is 10.7. The summed E-state index contributed by atoms with van der Waals surface area (Å²) in [4.78, 5) is 3.83. The zero-order chi connectivity index (χ0) is 16.6. The summed E-state index contributed by atoms with van der Waals surface area (Å²) in [6.45, 7) is 0. The van der Waals surface area contributed by atoms with Gasteiger partial charge >= 0.3 is 18.0 Å². The van der Waals surface area contributed by atoms with Crippen molar-refractivity contribution in [1.82, 2.24) is 4.98 Å². The monoisotopic (exact) mass is 323 g/mol. The maximum absolute atomic E-state index is 13.6. The Morgan fingerprint density at radius 3 is 2.00 bits per heavy atom. The van der Waals surface area contributed by atoms with Gasteiger partial charge in [-0.05, 0) is 18.2 Å². The second kappa shape index (κ2) is 5.26. The molecule has 2 rings (SSSR count). The Balaban J connectivity index is 2.50. The van der Waals surface area contributed by atoms with Gasteiger partial charge in [-0.2, -0.15) is 30.7 Å². The zero-order valence-corrected chi connectivity index (χ0v) is 10.7. The van der Waals surface area contributed by atoms with Crippen molar-refractivity contribution in [3.05, 3.63) is 54.2 Å². The van der Waals surface area contributed by atoms with E-state index in [-0.39, 0.29) is 11.3 Å². The minimum atomic E-state index is -6.36. The highest BCUT2D eigenvalue weighted by Gasteiger charge is 2.73. The molecule has 0 spiro atoms. The molecule has 0 saturated carbocycles.